The van der Waals surface area contributed by atoms with Crippen molar-refractivity contribution in [2.45, 2.75) is 11.5 Å². The van der Waals surface area contributed by atoms with Crippen LogP contribution in [0, 0.1) is 0 Å². The lowest BCUT2D eigenvalue weighted by Crippen LogP contribution is -2.50. The van der Waals surface area contributed by atoms with Crippen molar-refractivity contribution < 1.29 is 27.8 Å². The number of aliphatic hydroxyl groups is 1. The molecule has 3 aromatic rings. The molecule has 0 bridgehead atoms. The van der Waals surface area contributed by atoms with E-state index in [4.69, 9.17) is 9.15 Å². The predicted molar refractivity (Wildman–Crippen MR) is 88.2 cm³/mol. The molecule has 134 valence electrons. The number of halogens is 2. The number of oxazole rings is 1. The molecule has 26 heavy (non-hydrogen) atoms. The normalized spacial score (nSPS) is 19.9. The minimum Gasteiger partial charge on any atom is -0.497 e. The van der Waals surface area contributed by atoms with Crippen molar-refractivity contribution in [2.75, 3.05) is 19.1 Å². The average Bonchev–Trinajstić information content (AvgIpc) is 3.17. The molecule has 1 amide bonds. The Balaban J connectivity index is 1.94. The van der Waals surface area contributed by atoms with Gasteiger partial charge in [-0.05, 0) is 30.3 Å². The van der Waals surface area contributed by atoms with Crippen molar-refractivity contribution in [1.82, 2.24) is 4.98 Å². The molecular weight excluding hydrogens is 346 g/mol. The van der Waals surface area contributed by atoms with E-state index < -0.39 is 23.3 Å². The zero-order valence-electron chi connectivity index (χ0n) is 13.9. The Hall–Kier alpha value is -3.00. The van der Waals surface area contributed by atoms with Crippen LogP contribution in [0.2, 0.25) is 0 Å². The standard InChI is InChI=1S/C18H14F2N2O4/c1-22-13-8-7-10(25-2)9-11(13)17(24,16(22)23)18(19,20)15-21-12-5-3-4-6-14(12)26-15/h3-9,24H,1-2H3. The monoisotopic (exact) mass is 360 g/mol. The molecule has 2 heterocycles. The summed E-state index contributed by atoms with van der Waals surface area (Å²) >= 11 is 0. The molecule has 0 spiro atoms. The highest BCUT2D eigenvalue weighted by molar-refractivity contribution is 6.07. The summed E-state index contributed by atoms with van der Waals surface area (Å²) < 4.78 is 40.8. The van der Waals surface area contributed by atoms with Gasteiger partial charge in [0.25, 0.3) is 11.8 Å². The Morgan fingerprint density at radius 1 is 1.27 bits per heavy atom. The van der Waals surface area contributed by atoms with Crippen molar-refractivity contribution >= 4 is 22.7 Å². The lowest BCUT2D eigenvalue weighted by molar-refractivity contribution is -0.204. The third-order valence-electron chi connectivity index (χ3n) is 4.59. The van der Waals surface area contributed by atoms with Crippen LogP contribution in [0.5, 0.6) is 5.75 Å². The van der Waals surface area contributed by atoms with Crippen LogP contribution in [0.4, 0.5) is 14.5 Å². The molecule has 8 heteroatoms. The van der Waals surface area contributed by atoms with E-state index in [-0.39, 0.29) is 28.1 Å². The number of rotatable bonds is 3. The van der Waals surface area contributed by atoms with E-state index in [2.05, 4.69) is 4.98 Å². The van der Waals surface area contributed by atoms with Gasteiger partial charge in [-0.3, -0.25) is 4.79 Å². The number of nitrogens with zero attached hydrogens (tertiary/aromatic N) is 2. The van der Waals surface area contributed by atoms with Gasteiger partial charge in [0, 0.05) is 12.6 Å². The topological polar surface area (TPSA) is 75.8 Å². The maximum Gasteiger partial charge on any atom is 0.363 e. The highest BCUT2D eigenvalue weighted by Crippen LogP contribution is 2.53. The quantitative estimate of drug-likeness (QED) is 0.777. The number of fused-ring (bicyclic) bond motifs is 2. The van der Waals surface area contributed by atoms with Gasteiger partial charge < -0.3 is 19.2 Å². The van der Waals surface area contributed by atoms with Crippen LogP contribution in [-0.2, 0) is 16.3 Å². The van der Waals surface area contributed by atoms with Gasteiger partial charge >= 0.3 is 5.92 Å². The van der Waals surface area contributed by atoms with Gasteiger partial charge in [-0.2, -0.15) is 8.78 Å². The van der Waals surface area contributed by atoms with Gasteiger partial charge in [0.1, 0.15) is 11.3 Å². The number of hydrogen-bond donors (Lipinski definition) is 1. The second-order valence-corrected chi connectivity index (χ2v) is 6.02. The van der Waals surface area contributed by atoms with E-state index in [9.17, 15) is 9.90 Å². The van der Waals surface area contributed by atoms with Crippen LogP contribution in [0.1, 0.15) is 11.5 Å². The zero-order chi connectivity index (χ0) is 18.7. The molecule has 6 nitrogen and oxygen atoms in total. The molecule has 1 N–H and O–H groups in total. The number of aromatic nitrogens is 1. The van der Waals surface area contributed by atoms with Crippen molar-refractivity contribution in [3.05, 3.63) is 53.9 Å². The molecule has 0 saturated heterocycles. The third kappa shape index (κ3) is 1.93. The van der Waals surface area contributed by atoms with Crippen molar-refractivity contribution in [3.8, 4) is 5.75 Å². The summed E-state index contributed by atoms with van der Waals surface area (Å²) in [5, 5.41) is 10.9. The summed E-state index contributed by atoms with van der Waals surface area (Å²) in [5.74, 6) is -6.07. The number of para-hydroxylation sites is 2. The van der Waals surface area contributed by atoms with Gasteiger partial charge in [-0.25, -0.2) is 4.98 Å². The Kier molecular flexibility index (Phi) is 3.32. The van der Waals surface area contributed by atoms with E-state index in [1.54, 1.807) is 12.1 Å². The SMILES string of the molecule is COc1ccc2c(c1)C(O)(C(F)(F)c1nc3ccccc3o1)C(=O)N2C. The Morgan fingerprint density at radius 3 is 2.69 bits per heavy atom. The Bertz CT molecular complexity index is 1000. The second kappa shape index (κ2) is 5.25. The molecule has 1 aromatic heterocycles. The summed E-state index contributed by atoms with van der Waals surface area (Å²) in [5.41, 5.74) is -2.93. The first-order chi connectivity index (χ1) is 12.3. The van der Waals surface area contributed by atoms with Gasteiger partial charge in [-0.15, -0.1) is 0 Å². The molecular formula is C18H14F2N2O4. The molecule has 1 unspecified atom stereocenters. The summed E-state index contributed by atoms with van der Waals surface area (Å²) in [4.78, 5) is 17.4. The predicted octanol–water partition coefficient (Wildman–Crippen LogP) is 2.79. The largest absolute Gasteiger partial charge is 0.497 e. The summed E-state index contributed by atoms with van der Waals surface area (Å²) in [7, 11) is 2.67. The van der Waals surface area contributed by atoms with E-state index in [0.717, 1.165) is 4.90 Å². The van der Waals surface area contributed by atoms with Gasteiger partial charge in [0.05, 0.1) is 12.8 Å². The first-order valence-corrected chi connectivity index (χ1v) is 7.73. The molecule has 0 fully saturated rings. The molecule has 0 saturated carbocycles. The van der Waals surface area contributed by atoms with Crippen LogP contribution < -0.4 is 9.64 Å². The highest BCUT2D eigenvalue weighted by atomic mass is 19.3. The number of alkyl halides is 2. The molecule has 1 atom stereocenters. The number of benzene rings is 2. The fourth-order valence-electron chi connectivity index (χ4n) is 3.16. The Labute approximate surface area is 146 Å². The summed E-state index contributed by atoms with van der Waals surface area (Å²) in [6.45, 7) is 0. The number of carbonyl (C=O) groups excluding carboxylic acids is 1. The molecule has 4 rings (SSSR count). The van der Waals surface area contributed by atoms with Crippen molar-refractivity contribution in [1.29, 1.82) is 0 Å². The molecule has 2 aromatic carbocycles. The van der Waals surface area contributed by atoms with Gasteiger partial charge in [0.2, 0.25) is 5.60 Å². The number of carbonyl (C=O) groups is 1. The van der Waals surface area contributed by atoms with Crippen LogP contribution in [0.25, 0.3) is 11.1 Å². The maximum absolute atomic E-state index is 15.3. The minimum atomic E-state index is -4.10. The maximum atomic E-state index is 15.3. The molecule has 1 aliphatic heterocycles. The van der Waals surface area contributed by atoms with Crippen LogP contribution in [0.3, 0.4) is 0 Å². The third-order valence-corrected chi connectivity index (χ3v) is 4.59. The molecule has 0 radical (unpaired) electrons. The number of likely N-dealkylation sites (N-methyl/N-ethyl adjacent to an activating group) is 1. The number of ether oxygens (including phenoxy) is 1. The second-order valence-electron chi connectivity index (χ2n) is 6.02. The number of methoxy groups -OCH3 is 1. The van der Waals surface area contributed by atoms with Crippen LogP contribution in [0.15, 0.2) is 46.9 Å². The lowest BCUT2D eigenvalue weighted by atomic mass is 9.88. The van der Waals surface area contributed by atoms with E-state index in [0.29, 0.717) is 0 Å². The van der Waals surface area contributed by atoms with E-state index >= 15 is 8.78 Å². The summed E-state index contributed by atoms with van der Waals surface area (Å²) in [6, 6.07) is 10.4. The van der Waals surface area contributed by atoms with Crippen LogP contribution in [-0.4, -0.2) is 30.2 Å². The number of anilines is 1. The summed E-state index contributed by atoms with van der Waals surface area (Å²) in [6.07, 6.45) is 0. The average molecular weight is 360 g/mol. The Morgan fingerprint density at radius 2 is 2.00 bits per heavy atom. The first-order valence-electron chi connectivity index (χ1n) is 7.73. The zero-order valence-corrected chi connectivity index (χ0v) is 13.9. The highest BCUT2D eigenvalue weighted by Gasteiger charge is 2.68. The van der Waals surface area contributed by atoms with Crippen LogP contribution >= 0.6 is 0 Å². The molecule has 0 aliphatic carbocycles. The first kappa shape index (κ1) is 16.5. The fraction of sp³-hybridized carbons (Fsp3) is 0.222. The fourth-order valence-corrected chi connectivity index (χ4v) is 3.16. The van der Waals surface area contributed by atoms with Crippen molar-refractivity contribution in [2.24, 2.45) is 0 Å². The van der Waals surface area contributed by atoms with E-state index in [1.807, 2.05) is 0 Å². The minimum absolute atomic E-state index is 0.135. The van der Waals surface area contributed by atoms with Crippen molar-refractivity contribution in [3.63, 3.8) is 0 Å². The van der Waals surface area contributed by atoms with Gasteiger partial charge in [0.15, 0.2) is 5.58 Å². The number of amides is 1. The molecule has 1 aliphatic rings. The van der Waals surface area contributed by atoms with Gasteiger partial charge in [-0.1, -0.05) is 12.1 Å². The van der Waals surface area contributed by atoms with E-state index in [1.165, 1.54) is 44.5 Å². The number of hydrogen-bond acceptors (Lipinski definition) is 5. The smallest absolute Gasteiger partial charge is 0.363 e. The lowest BCUT2D eigenvalue weighted by Gasteiger charge is -2.28.